The van der Waals surface area contributed by atoms with E-state index in [1.165, 1.54) is 70.6 Å². The van der Waals surface area contributed by atoms with Crippen LogP contribution >= 0.6 is 7.82 Å². The summed E-state index contributed by atoms with van der Waals surface area (Å²) in [5.74, 6) is -0.941. The highest BCUT2D eigenvalue weighted by Crippen LogP contribution is 2.43. The molecule has 0 aromatic heterocycles. The number of rotatable bonds is 34. The molecule has 0 aliphatic carbocycles. The molecule has 0 aromatic carbocycles. The van der Waals surface area contributed by atoms with E-state index in [0.29, 0.717) is 12.8 Å². The van der Waals surface area contributed by atoms with E-state index in [1.54, 1.807) is 0 Å². The van der Waals surface area contributed by atoms with Crippen LogP contribution in [0.2, 0.25) is 0 Å². The van der Waals surface area contributed by atoms with Crippen LogP contribution in [0.25, 0.3) is 0 Å². The van der Waals surface area contributed by atoms with Crippen molar-refractivity contribution in [3.8, 4) is 0 Å². The second-order valence-electron chi connectivity index (χ2n) is 12.3. The van der Waals surface area contributed by atoms with Gasteiger partial charge in [-0.25, -0.2) is 4.57 Å². The van der Waals surface area contributed by atoms with E-state index in [0.717, 1.165) is 51.4 Å². The van der Waals surface area contributed by atoms with Gasteiger partial charge >= 0.3 is 19.8 Å². The molecule has 3 atom stereocenters. The molecule has 46 heavy (non-hydrogen) atoms. The van der Waals surface area contributed by atoms with Gasteiger partial charge in [-0.2, -0.15) is 0 Å². The first kappa shape index (κ1) is 44.7. The molecular formula is C35H67O10P. The maximum atomic E-state index is 12.5. The maximum absolute atomic E-state index is 12.5. The van der Waals surface area contributed by atoms with Crippen LogP contribution < -0.4 is 0 Å². The molecule has 0 fully saturated rings. The zero-order valence-electron chi connectivity index (χ0n) is 29.0. The first-order chi connectivity index (χ1) is 22.2. The Hall–Kier alpha value is -1.29. The van der Waals surface area contributed by atoms with Gasteiger partial charge in [0.1, 0.15) is 12.7 Å². The van der Waals surface area contributed by atoms with Gasteiger partial charge in [-0.05, 0) is 38.5 Å². The highest BCUT2D eigenvalue weighted by Gasteiger charge is 2.27. The number of unbranched alkanes of at least 4 members (excludes halogenated alkanes) is 18. The van der Waals surface area contributed by atoms with E-state index >= 15 is 0 Å². The number of aliphatic hydroxyl groups is 2. The van der Waals surface area contributed by atoms with Crippen LogP contribution in [0.15, 0.2) is 12.2 Å². The fraction of sp³-hybridized carbons (Fsp3) is 0.886. The molecule has 0 aliphatic heterocycles. The normalized spacial score (nSPS) is 14.3. The highest BCUT2D eigenvalue weighted by molar-refractivity contribution is 7.47. The van der Waals surface area contributed by atoms with Crippen molar-refractivity contribution in [1.82, 2.24) is 0 Å². The van der Waals surface area contributed by atoms with E-state index in [2.05, 4.69) is 30.5 Å². The van der Waals surface area contributed by atoms with Gasteiger partial charge in [-0.15, -0.1) is 0 Å². The Morgan fingerprint density at radius 3 is 1.57 bits per heavy atom. The molecule has 3 unspecified atom stereocenters. The fourth-order valence-corrected chi connectivity index (χ4v) is 5.60. The van der Waals surface area contributed by atoms with Gasteiger partial charge in [0, 0.05) is 12.8 Å². The van der Waals surface area contributed by atoms with Gasteiger partial charge in [0.2, 0.25) is 0 Å². The molecule has 0 rings (SSSR count). The van der Waals surface area contributed by atoms with Gasteiger partial charge in [0.05, 0.1) is 19.8 Å². The Kier molecular flexibility index (Phi) is 31.4. The van der Waals surface area contributed by atoms with Crippen molar-refractivity contribution in [1.29, 1.82) is 0 Å². The van der Waals surface area contributed by atoms with E-state index in [4.69, 9.17) is 19.1 Å². The summed E-state index contributed by atoms with van der Waals surface area (Å²) in [4.78, 5) is 34.5. The number of ether oxygens (including phenoxy) is 2. The minimum Gasteiger partial charge on any atom is -0.462 e. The Balaban J connectivity index is 4.22. The van der Waals surface area contributed by atoms with Crippen molar-refractivity contribution in [3.05, 3.63) is 12.2 Å². The predicted octanol–water partition coefficient (Wildman–Crippen LogP) is 8.50. The van der Waals surface area contributed by atoms with Crippen LogP contribution in [0.4, 0.5) is 0 Å². The van der Waals surface area contributed by atoms with Crippen molar-refractivity contribution >= 4 is 19.8 Å². The number of phosphoric acid groups is 1. The molecule has 3 N–H and O–H groups in total. The molecule has 0 saturated heterocycles. The summed E-state index contributed by atoms with van der Waals surface area (Å²) in [6, 6.07) is 0. The topological polar surface area (TPSA) is 149 Å². The molecule has 0 aromatic rings. The maximum Gasteiger partial charge on any atom is 0.472 e. The first-order valence-corrected chi connectivity index (χ1v) is 19.6. The number of hydrogen-bond acceptors (Lipinski definition) is 9. The third-order valence-electron chi connectivity index (χ3n) is 7.67. The molecule has 0 saturated carbocycles. The molecule has 272 valence electrons. The van der Waals surface area contributed by atoms with Gasteiger partial charge < -0.3 is 24.6 Å². The third kappa shape index (κ3) is 31.3. The zero-order valence-corrected chi connectivity index (χ0v) is 29.9. The van der Waals surface area contributed by atoms with E-state index in [1.807, 2.05) is 0 Å². The monoisotopic (exact) mass is 678 g/mol. The van der Waals surface area contributed by atoms with Crippen molar-refractivity contribution in [2.24, 2.45) is 0 Å². The third-order valence-corrected chi connectivity index (χ3v) is 8.62. The summed E-state index contributed by atoms with van der Waals surface area (Å²) >= 11 is 0. The minimum atomic E-state index is -4.60. The summed E-state index contributed by atoms with van der Waals surface area (Å²) in [5, 5.41) is 18.2. The molecule has 0 bridgehead atoms. The van der Waals surface area contributed by atoms with Crippen molar-refractivity contribution in [2.75, 3.05) is 26.4 Å². The lowest BCUT2D eigenvalue weighted by Gasteiger charge is -2.20. The van der Waals surface area contributed by atoms with Gasteiger partial charge in [-0.3, -0.25) is 18.6 Å². The standard InChI is InChI=1S/C35H67O10P/c1-3-5-7-9-10-11-12-13-14-15-16-17-18-19-20-21-23-25-27-35(39)45-33(30-42-34(38)26-24-22-8-6-4-2)31-44-46(40,41)43-29-32(37)28-36/h14-15,32-33,36-37H,3-13,16-31H2,1-2H3,(H,40,41)/b15-14-. The van der Waals surface area contributed by atoms with E-state index < -0.39 is 51.8 Å². The molecule has 10 nitrogen and oxygen atoms in total. The van der Waals surface area contributed by atoms with Gasteiger partial charge in [0.15, 0.2) is 6.10 Å². The zero-order chi connectivity index (χ0) is 34.1. The van der Waals surface area contributed by atoms with Crippen molar-refractivity contribution in [2.45, 2.75) is 174 Å². The average Bonchev–Trinajstić information content (AvgIpc) is 3.04. The van der Waals surface area contributed by atoms with Crippen LogP contribution in [0.1, 0.15) is 162 Å². The van der Waals surface area contributed by atoms with Crippen molar-refractivity contribution in [3.63, 3.8) is 0 Å². The number of carbonyl (C=O) groups excluding carboxylic acids is 2. The van der Waals surface area contributed by atoms with Crippen LogP contribution in [0.5, 0.6) is 0 Å². The Bertz CT molecular complexity index is 791. The van der Waals surface area contributed by atoms with Crippen LogP contribution in [0, 0.1) is 0 Å². The fourth-order valence-electron chi connectivity index (χ4n) is 4.81. The lowest BCUT2D eigenvalue weighted by molar-refractivity contribution is -0.161. The summed E-state index contributed by atoms with van der Waals surface area (Å²) in [7, 11) is -4.60. The lowest BCUT2D eigenvalue weighted by atomic mass is 10.1. The largest absolute Gasteiger partial charge is 0.472 e. The summed E-state index contributed by atoms with van der Waals surface area (Å²) < 4.78 is 32.3. The Morgan fingerprint density at radius 2 is 1.07 bits per heavy atom. The van der Waals surface area contributed by atoms with Crippen LogP contribution in [-0.4, -0.2) is 65.7 Å². The Labute approximate surface area is 279 Å². The number of aliphatic hydroxyl groups excluding tert-OH is 2. The minimum absolute atomic E-state index is 0.182. The molecule has 0 heterocycles. The number of hydrogen-bond donors (Lipinski definition) is 3. The quantitative estimate of drug-likeness (QED) is 0.0262. The van der Waals surface area contributed by atoms with Gasteiger partial charge in [-0.1, -0.05) is 122 Å². The second-order valence-corrected chi connectivity index (χ2v) is 13.7. The molecule has 0 radical (unpaired) electrons. The smallest absolute Gasteiger partial charge is 0.462 e. The predicted molar refractivity (Wildman–Crippen MR) is 182 cm³/mol. The number of phosphoric ester groups is 1. The van der Waals surface area contributed by atoms with E-state index in [9.17, 15) is 24.2 Å². The summed E-state index contributed by atoms with van der Waals surface area (Å²) in [5.41, 5.74) is 0. The van der Waals surface area contributed by atoms with Crippen LogP contribution in [-0.2, 0) is 32.7 Å². The molecule has 0 aliphatic rings. The Morgan fingerprint density at radius 1 is 0.630 bits per heavy atom. The molecular weight excluding hydrogens is 611 g/mol. The van der Waals surface area contributed by atoms with Crippen LogP contribution in [0.3, 0.4) is 0 Å². The second kappa shape index (κ2) is 32.3. The van der Waals surface area contributed by atoms with E-state index in [-0.39, 0.29) is 19.4 Å². The highest BCUT2D eigenvalue weighted by atomic mass is 31.2. The van der Waals surface area contributed by atoms with Crippen molar-refractivity contribution < 1.29 is 47.8 Å². The first-order valence-electron chi connectivity index (χ1n) is 18.1. The average molecular weight is 679 g/mol. The molecule has 0 amide bonds. The number of esters is 2. The summed E-state index contributed by atoms with van der Waals surface area (Å²) in [6.07, 6.45) is 26.6. The molecule has 11 heteroatoms. The van der Waals surface area contributed by atoms with Gasteiger partial charge in [0.25, 0.3) is 0 Å². The lowest BCUT2D eigenvalue weighted by Crippen LogP contribution is -2.29. The summed E-state index contributed by atoms with van der Waals surface area (Å²) in [6.45, 7) is 2.26. The number of allylic oxidation sites excluding steroid dienone is 2. The molecule has 0 spiro atoms. The SMILES string of the molecule is CCCCCCCCC/C=C\CCCCCCCCCC(=O)OC(COC(=O)CCCCCCC)COP(=O)(O)OCC(O)CO. The number of carbonyl (C=O) groups is 2.